The number of halogens is 3. The molecule has 0 spiro atoms. The highest BCUT2D eigenvalue weighted by molar-refractivity contribution is 7.91. The highest BCUT2D eigenvalue weighted by Gasteiger charge is 2.19. The molecule has 0 bridgehead atoms. The van der Waals surface area contributed by atoms with Crippen molar-refractivity contribution in [3.05, 3.63) is 53.2 Å². The molecule has 1 heterocycles. The molecule has 1 N–H and O–H groups in total. The Kier molecular flexibility index (Phi) is 5.66. The fraction of sp³-hybridized carbons (Fsp3) is 0.222. The molecular formula is C18H16ClF2N3O3S. The van der Waals surface area contributed by atoms with E-state index >= 15 is 0 Å². The number of sulfone groups is 1. The van der Waals surface area contributed by atoms with Gasteiger partial charge in [0.2, 0.25) is 5.91 Å². The Morgan fingerprint density at radius 3 is 2.64 bits per heavy atom. The average Bonchev–Trinajstić information content (AvgIpc) is 2.97. The Labute approximate surface area is 165 Å². The molecule has 0 radical (unpaired) electrons. The highest BCUT2D eigenvalue weighted by Crippen LogP contribution is 2.28. The number of fused-ring (bicyclic) bond motifs is 1. The molecule has 0 aliphatic carbocycles. The molecule has 28 heavy (non-hydrogen) atoms. The van der Waals surface area contributed by atoms with Crippen molar-refractivity contribution in [3.8, 4) is 0 Å². The van der Waals surface area contributed by atoms with Gasteiger partial charge in [0.05, 0.1) is 23.0 Å². The lowest BCUT2D eigenvalue weighted by Crippen LogP contribution is -2.15. The van der Waals surface area contributed by atoms with Gasteiger partial charge in [-0.25, -0.2) is 17.2 Å². The van der Waals surface area contributed by atoms with Crippen molar-refractivity contribution in [3.63, 3.8) is 0 Å². The quantitative estimate of drug-likeness (QED) is 0.652. The second-order valence-electron chi connectivity index (χ2n) is 6.21. The normalized spacial score (nSPS) is 11.9. The van der Waals surface area contributed by atoms with Gasteiger partial charge < -0.3 is 5.32 Å². The lowest BCUT2D eigenvalue weighted by molar-refractivity contribution is -0.115. The minimum atomic E-state index is -3.68. The zero-order valence-corrected chi connectivity index (χ0v) is 16.3. The molecule has 1 amide bonds. The van der Waals surface area contributed by atoms with Gasteiger partial charge in [-0.2, -0.15) is 5.10 Å². The number of nitrogens with one attached hydrogen (secondary N) is 1. The van der Waals surface area contributed by atoms with Gasteiger partial charge in [0.25, 0.3) is 6.43 Å². The number of carbonyl (C=O) groups is 1. The number of alkyl halides is 2. The van der Waals surface area contributed by atoms with Gasteiger partial charge in [-0.15, -0.1) is 0 Å². The van der Waals surface area contributed by atoms with Crippen LogP contribution in [0.15, 0.2) is 47.5 Å². The Morgan fingerprint density at radius 1 is 1.29 bits per heavy atom. The molecule has 3 rings (SSSR count). The van der Waals surface area contributed by atoms with Crippen LogP contribution in [0.4, 0.5) is 14.5 Å². The van der Waals surface area contributed by atoms with E-state index in [1.165, 1.54) is 18.3 Å². The Morgan fingerprint density at radius 2 is 2.00 bits per heavy atom. The summed E-state index contributed by atoms with van der Waals surface area (Å²) in [6.07, 6.45) is -0.462. The smallest absolute Gasteiger partial charge is 0.257 e. The van der Waals surface area contributed by atoms with Crippen LogP contribution in [0, 0.1) is 0 Å². The summed E-state index contributed by atoms with van der Waals surface area (Å²) in [4.78, 5) is 12.3. The van der Waals surface area contributed by atoms with Gasteiger partial charge in [0.15, 0.2) is 9.84 Å². The van der Waals surface area contributed by atoms with Gasteiger partial charge in [0.1, 0.15) is 6.54 Å². The van der Waals surface area contributed by atoms with Gasteiger partial charge in [-0.1, -0.05) is 29.8 Å². The highest BCUT2D eigenvalue weighted by atomic mass is 35.5. The fourth-order valence-electron chi connectivity index (χ4n) is 2.82. The number of hydrogen-bond acceptors (Lipinski definition) is 4. The third-order valence-electron chi connectivity index (χ3n) is 4.03. The van der Waals surface area contributed by atoms with Crippen molar-refractivity contribution in [1.29, 1.82) is 0 Å². The van der Waals surface area contributed by atoms with E-state index < -0.39 is 28.7 Å². The predicted octanol–water partition coefficient (Wildman–Crippen LogP) is 3.54. The predicted molar refractivity (Wildman–Crippen MR) is 103 cm³/mol. The monoisotopic (exact) mass is 427 g/mol. The number of anilines is 1. The second-order valence-corrected chi connectivity index (χ2v) is 8.60. The Hall–Kier alpha value is -2.52. The Bertz CT molecular complexity index is 1150. The van der Waals surface area contributed by atoms with E-state index in [4.69, 9.17) is 11.6 Å². The van der Waals surface area contributed by atoms with E-state index in [0.717, 1.165) is 10.9 Å². The van der Waals surface area contributed by atoms with Crippen LogP contribution in [0.1, 0.15) is 5.56 Å². The van der Waals surface area contributed by atoms with E-state index in [9.17, 15) is 22.0 Å². The van der Waals surface area contributed by atoms with Crippen molar-refractivity contribution < 1.29 is 22.0 Å². The molecule has 148 valence electrons. The molecule has 2 aromatic carbocycles. The number of benzene rings is 2. The molecule has 0 atom stereocenters. The molecule has 6 nitrogen and oxygen atoms in total. The van der Waals surface area contributed by atoms with Crippen LogP contribution < -0.4 is 5.32 Å². The molecule has 0 aliphatic rings. The maximum Gasteiger partial charge on any atom is 0.257 e. The van der Waals surface area contributed by atoms with Crippen LogP contribution >= 0.6 is 11.6 Å². The third-order valence-corrected chi connectivity index (χ3v) is 5.53. The second kappa shape index (κ2) is 7.84. The molecule has 0 saturated heterocycles. The average molecular weight is 428 g/mol. The van der Waals surface area contributed by atoms with E-state index in [1.54, 1.807) is 24.3 Å². The summed E-state index contributed by atoms with van der Waals surface area (Å²) in [5.41, 5.74) is 0.964. The van der Waals surface area contributed by atoms with Gasteiger partial charge in [0, 0.05) is 22.4 Å². The molecule has 0 unspecified atom stereocenters. The van der Waals surface area contributed by atoms with Gasteiger partial charge >= 0.3 is 0 Å². The van der Waals surface area contributed by atoms with Crippen LogP contribution in [-0.4, -0.2) is 36.8 Å². The summed E-state index contributed by atoms with van der Waals surface area (Å²) >= 11 is 6.05. The van der Waals surface area contributed by atoms with Crippen LogP contribution in [0.2, 0.25) is 5.02 Å². The van der Waals surface area contributed by atoms with Crippen molar-refractivity contribution in [2.75, 3.05) is 11.6 Å². The minimum Gasteiger partial charge on any atom is -0.326 e. The topological polar surface area (TPSA) is 81.1 Å². The van der Waals surface area contributed by atoms with Crippen molar-refractivity contribution in [2.45, 2.75) is 24.3 Å². The summed E-state index contributed by atoms with van der Waals surface area (Å²) in [5, 5.41) is 7.10. The van der Waals surface area contributed by atoms with Crippen LogP contribution in [-0.2, 0) is 27.6 Å². The molecule has 1 aromatic heterocycles. The molecule has 0 fully saturated rings. The Balaban J connectivity index is 1.98. The lowest BCUT2D eigenvalue weighted by Gasteiger charge is -2.10. The van der Waals surface area contributed by atoms with Crippen molar-refractivity contribution in [2.24, 2.45) is 0 Å². The summed E-state index contributed by atoms with van der Waals surface area (Å²) in [6, 6.07) is 9.54. The van der Waals surface area contributed by atoms with E-state index in [-0.39, 0.29) is 27.9 Å². The fourth-order valence-corrected chi connectivity index (χ4v) is 3.92. The first-order chi connectivity index (χ1) is 13.1. The van der Waals surface area contributed by atoms with E-state index in [1.807, 2.05) is 0 Å². The zero-order valence-electron chi connectivity index (χ0n) is 14.7. The maximum absolute atomic E-state index is 12.8. The first-order valence-corrected chi connectivity index (χ1v) is 10.4. The standard InChI is InChI=1S/C18H16ClF2N3O3S/c1-28(26,27)16-8-12(7-15-13(16)9-22-24(15)10-17(20)21)23-18(25)6-11-4-2-3-5-14(11)19/h2-5,7-9,17H,6,10H2,1H3,(H,23,25). The van der Waals surface area contributed by atoms with Gasteiger partial charge in [-0.3, -0.25) is 9.48 Å². The van der Waals surface area contributed by atoms with Crippen LogP contribution in [0.3, 0.4) is 0 Å². The number of aromatic nitrogens is 2. The molecule has 3 aromatic rings. The molecular weight excluding hydrogens is 412 g/mol. The summed E-state index contributed by atoms with van der Waals surface area (Å²) in [6.45, 7) is -0.691. The first kappa shape index (κ1) is 20.2. The summed E-state index contributed by atoms with van der Waals surface area (Å²) in [7, 11) is -3.68. The van der Waals surface area contributed by atoms with Crippen LogP contribution in [0.25, 0.3) is 10.9 Å². The number of hydrogen-bond donors (Lipinski definition) is 1. The summed E-state index contributed by atoms with van der Waals surface area (Å²) < 4.78 is 50.9. The molecule has 0 aliphatic heterocycles. The van der Waals surface area contributed by atoms with Crippen LogP contribution in [0.5, 0.6) is 0 Å². The van der Waals surface area contributed by atoms with E-state index in [0.29, 0.717) is 10.6 Å². The molecule has 0 saturated carbocycles. The maximum atomic E-state index is 12.8. The summed E-state index contributed by atoms with van der Waals surface area (Å²) in [5.74, 6) is -0.424. The largest absolute Gasteiger partial charge is 0.326 e. The third kappa shape index (κ3) is 4.48. The first-order valence-electron chi connectivity index (χ1n) is 8.16. The zero-order chi connectivity index (χ0) is 20.5. The molecule has 10 heteroatoms. The number of nitrogens with zero attached hydrogens (tertiary/aromatic N) is 2. The number of rotatable bonds is 6. The van der Waals surface area contributed by atoms with Gasteiger partial charge in [-0.05, 0) is 23.8 Å². The van der Waals surface area contributed by atoms with Crippen molar-refractivity contribution >= 4 is 43.9 Å². The SMILES string of the molecule is CS(=O)(=O)c1cc(NC(=O)Cc2ccccc2Cl)cc2c1cnn2CC(F)F. The number of carbonyl (C=O) groups excluding carboxylic acids is 1. The van der Waals surface area contributed by atoms with E-state index in [2.05, 4.69) is 10.4 Å². The minimum absolute atomic E-state index is 0.0256. The van der Waals surface area contributed by atoms with Crippen molar-refractivity contribution in [1.82, 2.24) is 9.78 Å². The lowest BCUT2D eigenvalue weighted by atomic mass is 10.1. The number of amides is 1.